The van der Waals surface area contributed by atoms with Gasteiger partial charge in [-0.25, -0.2) is 4.39 Å². The molecular formula is C8H9ClFN3. The zero-order valence-electron chi connectivity index (χ0n) is 6.93. The first-order valence-corrected chi connectivity index (χ1v) is 4.47. The molecule has 5 heteroatoms. The molecular weight excluding hydrogens is 193 g/mol. The molecule has 1 saturated carbocycles. The fourth-order valence-electron chi connectivity index (χ4n) is 0.991. The van der Waals surface area contributed by atoms with Crippen LogP contribution in [0.2, 0.25) is 5.02 Å². The first-order valence-electron chi connectivity index (χ1n) is 4.09. The molecule has 2 rings (SSSR count). The topological polar surface area (TPSA) is 37.8 Å². The average molecular weight is 202 g/mol. The lowest BCUT2D eigenvalue weighted by Gasteiger charge is -2.06. The van der Waals surface area contributed by atoms with E-state index < -0.39 is 5.67 Å². The van der Waals surface area contributed by atoms with E-state index in [4.69, 9.17) is 11.6 Å². The summed E-state index contributed by atoms with van der Waals surface area (Å²) in [4.78, 5) is 0. The fourth-order valence-corrected chi connectivity index (χ4v) is 1.14. The number of nitrogens with zero attached hydrogens (tertiary/aromatic N) is 2. The van der Waals surface area contributed by atoms with Gasteiger partial charge >= 0.3 is 0 Å². The molecule has 0 radical (unpaired) electrons. The van der Waals surface area contributed by atoms with Crippen molar-refractivity contribution in [3.63, 3.8) is 0 Å². The highest BCUT2D eigenvalue weighted by Gasteiger charge is 2.42. The fraction of sp³-hybridized carbons (Fsp3) is 0.500. The number of halogens is 2. The zero-order chi connectivity index (χ0) is 9.31. The summed E-state index contributed by atoms with van der Waals surface area (Å²) < 4.78 is 13.1. The minimum absolute atomic E-state index is 0.294. The van der Waals surface area contributed by atoms with Crippen molar-refractivity contribution in [3.8, 4) is 0 Å². The smallest absolute Gasteiger partial charge is 0.150 e. The maximum Gasteiger partial charge on any atom is 0.150 e. The highest BCUT2D eigenvalue weighted by molar-refractivity contribution is 6.30. The van der Waals surface area contributed by atoms with Gasteiger partial charge in [0.25, 0.3) is 0 Å². The number of hydrogen-bond donors (Lipinski definition) is 1. The second kappa shape index (κ2) is 3.10. The SMILES string of the molecule is FC1(CNc2cc(Cl)cnn2)CC1. The predicted molar refractivity (Wildman–Crippen MR) is 48.6 cm³/mol. The van der Waals surface area contributed by atoms with Crippen LogP contribution >= 0.6 is 11.6 Å². The van der Waals surface area contributed by atoms with Crippen molar-refractivity contribution in [1.82, 2.24) is 10.2 Å². The van der Waals surface area contributed by atoms with E-state index in [-0.39, 0.29) is 0 Å². The van der Waals surface area contributed by atoms with Gasteiger partial charge in [0.05, 0.1) is 17.8 Å². The number of alkyl halides is 1. The van der Waals surface area contributed by atoms with Crippen molar-refractivity contribution in [1.29, 1.82) is 0 Å². The van der Waals surface area contributed by atoms with Crippen LogP contribution < -0.4 is 5.32 Å². The first kappa shape index (κ1) is 8.69. The molecule has 0 saturated heterocycles. The Morgan fingerprint density at radius 3 is 3.00 bits per heavy atom. The highest BCUT2D eigenvalue weighted by Crippen LogP contribution is 2.39. The molecule has 3 nitrogen and oxygen atoms in total. The molecule has 70 valence electrons. The van der Waals surface area contributed by atoms with Gasteiger partial charge < -0.3 is 5.32 Å². The molecule has 0 aromatic carbocycles. The third-order valence-corrected chi connectivity index (χ3v) is 2.21. The lowest BCUT2D eigenvalue weighted by atomic mass is 10.3. The van der Waals surface area contributed by atoms with Crippen molar-refractivity contribution in [3.05, 3.63) is 17.3 Å². The summed E-state index contributed by atoms with van der Waals surface area (Å²) in [6.45, 7) is 0.294. The van der Waals surface area contributed by atoms with Gasteiger partial charge in [0.2, 0.25) is 0 Å². The summed E-state index contributed by atoms with van der Waals surface area (Å²) >= 11 is 5.67. The summed E-state index contributed by atoms with van der Waals surface area (Å²) in [7, 11) is 0. The number of nitrogens with one attached hydrogen (secondary N) is 1. The van der Waals surface area contributed by atoms with Gasteiger partial charge in [0.1, 0.15) is 11.5 Å². The molecule has 0 amide bonds. The van der Waals surface area contributed by atoms with Crippen LogP contribution in [-0.2, 0) is 0 Å². The van der Waals surface area contributed by atoms with Crippen LogP contribution in [0.5, 0.6) is 0 Å². The second-order valence-electron chi connectivity index (χ2n) is 3.26. The quantitative estimate of drug-likeness (QED) is 0.814. The summed E-state index contributed by atoms with van der Waals surface area (Å²) in [6.07, 6.45) is 2.71. The zero-order valence-corrected chi connectivity index (χ0v) is 7.68. The van der Waals surface area contributed by atoms with E-state index in [2.05, 4.69) is 15.5 Å². The first-order chi connectivity index (χ1) is 6.18. The van der Waals surface area contributed by atoms with E-state index in [9.17, 15) is 4.39 Å². The molecule has 0 bridgehead atoms. The normalized spacial score (nSPS) is 18.3. The lowest BCUT2D eigenvalue weighted by molar-refractivity contribution is 0.326. The van der Waals surface area contributed by atoms with Crippen LogP contribution in [0.15, 0.2) is 12.3 Å². The summed E-state index contributed by atoms with van der Waals surface area (Å²) in [6, 6.07) is 1.63. The number of anilines is 1. The molecule has 0 aliphatic heterocycles. The molecule has 1 aliphatic carbocycles. The maximum absolute atomic E-state index is 13.1. The standard InChI is InChI=1S/C8H9ClFN3/c9-6-3-7(13-12-4-6)11-5-8(10)1-2-8/h3-4H,1-2,5H2,(H,11,13). The maximum atomic E-state index is 13.1. The van der Waals surface area contributed by atoms with Crippen LogP contribution in [0.25, 0.3) is 0 Å². The van der Waals surface area contributed by atoms with Gasteiger partial charge in [-0.05, 0) is 12.8 Å². The Morgan fingerprint density at radius 2 is 2.38 bits per heavy atom. The Hall–Kier alpha value is -0.900. The Kier molecular flexibility index (Phi) is 2.07. The summed E-state index contributed by atoms with van der Waals surface area (Å²) in [5, 5.41) is 10.8. The van der Waals surface area contributed by atoms with E-state index in [0.717, 1.165) is 0 Å². The van der Waals surface area contributed by atoms with Gasteiger partial charge in [-0.15, -0.1) is 5.10 Å². The molecule has 1 heterocycles. The Labute approximate surface area is 80.3 Å². The predicted octanol–water partition coefficient (Wildman–Crippen LogP) is 2.04. The van der Waals surface area contributed by atoms with E-state index >= 15 is 0 Å². The van der Waals surface area contributed by atoms with E-state index in [1.165, 1.54) is 6.20 Å². The van der Waals surface area contributed by atoms with Crippen LogP contribution in [0.1, 0.15) is 12.8 Å². The summed E-state index contributed by atoms with van der Waals surface area (Å²) in [5.41, 5.74) is -1.02. The molecule has 1 aromatic heterocycles. The molecule has 1 aromatic rings. The van der Waals surface area contributed by atoms with E-state index in [1.54, 1.807) is 6.07 Å². The Bertz CT molecular complexity index is 314. The Balaban J connectivity index is 1.94. The molecule has 1 fully saturated rings. The molecule has 13 heavy (non-hydrogen) atoms. The third kappa shape index (κ3) is 2.28. The molecule has 1 N–H and O–H groups in total. The summed E-state index contributed by atoms with van der Waals surface area (Å²) in [5.74, 6) is 0.524. The lowest BCUT2D eigenvalue weighted by Crippen LogP contribution is -2.16. The van der Waals surface area contributed by atoms with Crippen molar-refractivity contribution >= 4 is 17.4 Å². The molecule has 0 spiro atoms. The van der Waals surface area contributed by atoms with E-state index in [0.29, 0.717) is 30.2 Å². The average Bonchev–Trinajstić information content (AvgIpc) is 2.82. The van der Waals surface area contributed by atoms with Crippen LogP contribution in [-0.4, -0.2) is 22.4 Å². The second-order valence-corrected chi connectivity index (χ2v) is 3.70. The van der Waals surface area contributed by atoms with Gasteiger partial charge in [0.15, 0.2) is 0 Å². The highest BCUT2D eigenvalue weighted by atomic mass is 35.5. The van der Waals surface area contributed by atoms with Gasteiger partial charge in [-0.2, -0.15) is 5.10 Å². The minimum atomic E-state index is -1.02. The number of rotatable bonds is 3. The van der Waals surface area contributed by atoms with Crippen LogP contribution in [0.4, 0.5) is 10.2 Å². The largest absolute Gasteiger partial charge is 0.365 e. The monoisotopic (exact) mass is 201 g/mol. The van der Waals surface area contributed by atoms with Gasteiger partial charge in [0, 0.05) is 6.07 Å². The van der Waals surface area contributed by atoms with Crippen molar-refractivity contribution in [2.45, 2.75) is 18.5 Å². The van der Waals surface area contributed by atoms with Crippen molar-refractivity contribution < 1.29 is 4.39 Å². The van der Waals surface area contributed by atoms with Crippen molar-refractivity contribution in [2.75, 3.05) is 11.9 Å². The molecule has 0 atom stereocenters. The van der Waals surface area contributed by atoms with Gasteiger partial charge in [-0.1, -0.05) is 11.6 Å². The third-order valence-electron chi connectivity index (χ3n) is 2.00. The number of aromatic nitrogens is 2. The molecule has 1 aliphatic rings. The van der Waals surface area contributed by atoms with Crippen LogP contribution in [0, 0.1) is 0 Å². The van der Waals surface area contributed by atoms with Crippen molar-refractivity contribution in [2.24, 2.45) is 0 Å². The minimum Gasteiger partial charge on any atom is -0.365 e. The Morgan fingerprint density at radius 1 is 1.62 bits per heavy atom. The molecule has 0 unspecified atom stereocenters. The van der Waals surface area contributed by atoms with Crippen LogP contribution in [0.3, 0.4) is 0 Å². The van der Waals surface area contributed by atoms with Gasteiger partial charge in [-0.3, -0.25) is 0 Å². The number of hydrogen-bond acceptors (Lipinski definition) is 3. The van der Waals surface area contributed by atoms with E-state index in [1.807, 2.05) is 0 Å².